The van der Waals surface area contributed by atoms with Crippen molar-refractivity contribution in [3.63, 3.8) is 0 Å². The number of anilines is 1. The topological polar surface area (TPSA) is 54.9 Å². The molecule has 2 aromatic heterocycles. The molecule has 2 aromatic rings. The number of hydrogen-bond acceptors (Lipinski definition) is 3. The predicted molar refractivity (Wildman–Crippen MR) is 76.2 cm³/mol. The Bertz CT molecular complexity index is 735. The van der Waals surface area contributed by atoms with Crippen molar-refractivity contribution in [1.82, 2.24) is 9.97 Å². The third-order valence-electron chi connectivity index (χ3n) is 2.65. The van der Waals surface area contributed by atoms with E-state index in [4.69, 9.17) is 23.2 Å². The van der Waals surface area contributed by atoms with E-state index in [-0.39, 0.29) is 16.4 Å². The molecule has 9 heteroatoms. The highest BCUT2D eigenvalue weighted by molar-refractivity contribution is 6.34. The van der Waals surface area contributed by atoms with Crippen molar-refractivity contribution in [3.8, 4) is 0 Å². The van der Waals surface area contributed by atoms with Gasteiger partial charge in [0.25, 0.3) is 5.91 Å². The van der Waals surface area contributed by atoms with Crippen LogP contribution >= 0.6 is 23.2 Å². The quantitative estimate of drug-likeness (QED) is 0.819. The summed E-state index contributed by atoms with van der Waals surface area (Å²) in [4.78, 5) is 19.5. The van der Waals surface area contributed by atoms with Gasteiger partial charge in [-0.15, -0.1) is 0 Å². The summed E-state index contributed by atoms with van der Waals surface area (Å²) in [5.41, 5.74) is -1.70. The molecule has 0 fully saturated rings. The van der Waals surface area contributed by atoms with Crippen LogP contribution in [-0.4, -0.2) is 15.9 Å². The first-order valence-corrected chi connectivity index (χ1v) is 6.62. The molecule has 0 aliphatic rings. The third-order valence-corrected chi connectivity index (χ3v) is 3.23. The molecule has 0 radical (unpaired) electrons. The molecule has 1 N–H and O–H groups in total. The van der Waals surface area contributed by atoms with Gasteiger partial charge in [0.1, 0.15) is 5.15 Å². The SMILES string of the molecule is Cc1cc(C(F)(F)F)c(NC(=O)c2cccnc2Cl)c(Cl)n1. The molecule has 0 saturated carbocycles. The number of aryl methyl sites for hydroxylation is 1. The molecule has 0 aliphatic heterocycles. The number of carbonyl (C=O) groups excluding carboxylic acids is 1. The van der Waals surface area contributed by atoms with E-state index >= 15 is 0 Å². The lowest BCUT2D eigenvalue weighted by molar-refractivity contribution is -0.137. The molecule has 0 aliphatic carbocycles. The molecule has 22 heavy (non-hydrogen) atoms. The summed E-state index contributed by atoms with van der Waals surface area (Å²) in [7, 11) is 0. The van der Waals surface area contributed by atoms with Gasteiger partial charge < -0.3 is 5.32 Å². The van der Waals surface area contributed by atoms with Gasteiger partial charge in [0, 0.05) is 11.9 Å². The fourth-order valence-corrected chi connectivity index (χ4v) is 2.20. The van der Waals surface area contributed by atoms with Crippen molar-refractivity contribution in [2.75, 3.05) is 5.32 Å². The van der Waals surface area contributed by atoms with Gasteiger partial charge in [0.15, 0.2) is 5.15 Å². The number of alkyl halides is 3. The van der Waals surface area contributed by atoms with E-state index in [2.05, 4.69) is 15.3 Å². The largest absolute Gasteiger partial charge is 0.418 e. The second-order valence-electron chi connectivity index (χ2n) is 4.27. The van der Waals surface area contributed by atoms with Crippen molar-refractivity contribution in [2.24, 2.45) is 0 Å². The summed E-state index contributed by atoms with van der Waals surface area (Å²) in [6, 6.07) is 3.56. The smallest absolute Gasteiger partial charge is 0.319 e. The Morgan fingerprint density at radius 2 is 1.95 bits per heavy atom. The van der Waals surface area contributed by atoms with Crippen molar-refractivity contribution in [3.05, 3.63) is 51.5 Å². The molecular weight excluding hydrogens is 342 g/mol. The normalized spacial score (nSPS) is 11.4. The van der Waals surface area contributed by atoms with Crippen molar-refractivity contribution >= 4 is 34.8 Å². The third kappa shape index (κ3) is 3.48. The summed E-state index contributed by atoms with van der Waals surface area (Å²) in [5, 5.41) is 1.50. The summed E-state index contributed by atoms with van der Waals surface area (Å²) >= 11 is 11.5. The van der Waals surface area contributed by atoms with Gasteiger partial charge in [0.2, 0.25) is 0 Å². The van der Waals surface area contributed by atoms with Gasteiger partial charge in [-0.3, -0.25) is 4.79 Å². The molecule has 116 valence electrons. The lowest BCUT2D eigenvalue weighted by Gasteiger charge is -2.15. The van der Waals surface area contributed by atoms with E-state index in [9.17, 15) is 18.0 Å². The highest BCUT2D eigenvalue weighted by Gasteiger charge is 2.36. The fourth-order valence-electron chi connectivity index (χ4n) is 1.71. The number of pyridine rings is 2. The number of halogens is 5. The monoisotopic (exact) mass is 349 g/mol. The molecule has 2 heterocycles. The second kappa shape index (κ2) is 6.10. The van der Waals surface area contributed by atoms with Crippen LogP contribution < -0.4 is 5.32 Å². The van der Waals surface area contributed by atoms with Crippen molar-refractivity contribution < 1.29 is 18.0 Å². The van der Waals surface area contributed by atoms with Crippen LogP contribution in [0.15, 0.2) is 24.4 Å². The van der Waals surface area contributed by atoms with Crippen LogP contribution in [0, 0.1) is 6.92 Å². The van der Waals surface area contributed by atoms with Gasteiger partial charge in [-0.05, 0) is 25.1 Å². The first kappa shape index (κ1) is 16.5. The van der Waals surface area contributed by atoms with Crippen LogP contribution in [0.4, 0.5) is 18.9 Å². The lowest BCUT2D eigenvalue weighted by atomic mass is 10.1. The first-order valence-electron chi connectivity index (χ1n) is 5.86. The minimum atomic E-state index is -4.70. The number of rotatable bonds is 2. The number of amides is 1. The van der Waals surface area contributed by atoms with Crippen LogP contribution in [0.1, 0.15) is 21.6 Å². The average Bonchev–Trinajstić information content (AvgIpc) is 2.40. The Balaban J connectivity index is 2.46. The van der Waals surface area contributed by atoms with Crippen molar-refractivity contribution in [2.45, 2.75) is 13.1 Å². The highest BCUT2D eigenvalue weighted by atomic mass is 35.5. The van der Waals surface area contributed by atoms with E-state index in [0.717, 1.165) is 6.07 Å². The minimum absolute atomic E-state index is 0.0751. The predicted octanol–water partition coefficient (Wildman–Crippen LogP) is 4.36. The zero-order valence-electron chi connectivity index (χ0n) is 11.0. The number of aromatic nitrogens is 2. The Kier molecular flexibility index (Phi) is 4.58. The maximum Gasteiger partial charge on any atom is 0.418 e. The maximum atomic E-state index is 13.1. The summed E-state index contributed by atoms with van der Waals surface area (Å²) < 4.78 is 39.2. The zero-order chi connectivity index (χ0) is 16.5. The van der Waals surface area contributed by atoms with E-state index < -0.39 is 28.5 Å². The van der Waals surface area contributed by atoms with Crippen LogP contribution in [-0.2, 0) is 6.18 Å². The summed E-state index contributed by atoms with van der Waals surface area (Å²) in [6.07, 6.45) is -3.35. The molecule has 0 saturated heterocycles. The maximum absolute atomic E-state index is 13.1. The van der Waals surface area contributed by atoms with E-state index in [1.165, 1.54) is 25.3 Å². The molecule has 0 aromatic carbocycles. The van der Waals surface area contributed by atoms with Crippen LogP contribution in [0.25, 0.3) is 0 Å². The number of carbonyl (C=O) groups is 1. The average molecular weight is 350 g/mol. The Morgan fingerprint density at radius 3 is 2.55 bits per heavy atom. The Hall–Kier alpha value is -1.86. The number of nitrogens with one attached hydrogen (secondary N) is 1. The van der Waals surface area contributed by atoms with Crippen LogP contribution in [0.3, 0.4) is 0 Å². The van der Waals surface area contributed by atoms with E-state index in [1.807, 2.05) is 0 Å². The molecule has 0 bridgehead atoms. The molecular formula is C13H8Cl2F3N3O. The Morgan fingerprint density at radius 1 is 1.27 bits per heavy atom. The van der Waals surface area contributed by atoms with Gasteiger partial charge in [-0.25, -0.2) is 9.97 Å². The van der Waals surface area contributed by atoms with E-state index in [1.54, 1.807) is 0 Å². The van der Waals surface area contributed by atoms with Gasteiger partial charge in [-0.2, -0.15) is 13.2 Å². The molecule has 1 amide bonds. The summed E-state index contributed by atoms with van der Waals surface area (Å²) in [6.45, 7) is 1.37. The first-order chi connectivity index (χ1) is 10.2. The van der Waals surface area contributed by atoms with Gasteiger partial charge in [0.05, 0.1) is 16.8 Å². The van der Waals surface area contributed by atoms with Crippen LogP contribution in [0.5, 0.6) is 0 Å². The summed E-state index contributed by atoms with van der Waals surface area (Å²) in [5.74, 6) is -0.865. The van der Waals surface area contributed by atoms with E-state index in [0.29, 0.717) is 0 Å². The molecule has 2 rings (SSSR count). The highest BCUT2D eigenvalue weighted by Crippen LogP contribution is 2.38. The van der Waals surface area contributed by atoms with Gasteiger partial charge in [-0.1, -0.05) is 23.2 Å². The molecule has 0 spiro atoms. The Labute approximate surface area is 133 Å². The fraction of sp³-hybridized carbons (Fsp3) is 0.154. The minimum Gasteiger partial charge on any atom is -0.319 e. The standard InChI is InChI=1S/C13H8Cl2F3N3O/c1-6-5-8(13(16,17)18)9(11(15)20-6)21-12(22)7-3-2-4-19-10(7)14/h2-5H,1H3,(H,21,22). The van der Waals surface area contributed by atoms with Crippen LogP contribution in [0.2, 0.25) is 10.3 Å². The zero-order valence-corrected chi connectivity index (χ0v) is 12.5. The number of hydrogen-bond donors (Lipinski definition) is 1. The second-order valence-corrected chi connectivity index (χ2v) is 4.99. The van der Waals surface area contributed by atoms with Crippen molar-refractivity contribution in [1.29, 1.82) is 0 Å². The number of nitrogens with zero attached hydrogens (tertiary/aromatic N) is 2. The molecule has 4 nitrogen and oxygen atoms in total. The lowest BCUT2D eigenvalue weighted by Crippen LogP contribution is -2.18. The molecule has 0 atom stereocenters. The van der Waals surface area contributed by atoms with Gasteiger partial charge >= 0.3 is 6.18 Å². The molecule has 0 unspecified atom stereocenters.